The van der Waals surface area contributed by atoms with E-state index in [4.69, 9.17) is 5.11 Å². The Morgan fingerprint density at radius 1 is 1.62 bits per heavy atom. The van der Waals surface area contributed by atoms with Gasteiger partial charge in [0, 0.05) is 0 Å². The summed E-state index contributed by atoms with van der Waals surface area (Å²) in [5, 5.41) is 7.68. The summed E-state index contributed by atoms with van der Waals surface area (Å²) in [6, 6.07) is 0. The van der Waals surface area contributed by atoms with E-state index in [9.17, 15) is 13.8 Å². The quantitative estimate of drug-likeness (QED) is 0.414. The fraction of sp³-hybridized carbons (Fsp3) is 0. The Bertz CT molecular complexity index is 113. The van der Waals surface area contributed by atoms with Gasteiger partial charge in [-0.15, -0.1) is 0 Å². The number of carbonyl (C=O) groups excluding carboxylic acids is 1. The van der Waals surface area contributed by atoms with Crippen LogP contribution in [-0.4, -0.2) is 17.0 Å². The fourth-order valence-corrected chi connectivity index (χ4v) is 0.236. The predicted molar refractivity (Wildman–Crippen MR) is 23.2 cm³/mol. The largest absolute Gasteiger partial charge is 0.473 e. The van der Waals surface area contributed by atoms with Crippen molar-refractivity contribution < 1.29 is 23.4 Å². The first kappa shape index (κ1) is 7.30. The summed E-state index contributed by atoms with van der Waals surface area (Å²) < 4.78 is 14.4. The summed E-state index contributed by atoms with van der Waals surface area (Å²) in [5.74, 6) is -3.35. The lowest BCUT2D eigenvalue weighted by molar-refractivity contribution is -0.157. The number of carboxylic acids is 1. The molecule has 1 unspecified atom stereocenters. The molecule has 46 valence electrons. The molecule has 8 heavy (non-hydrogen) atoms. The van der Waals surface area contributed by atoms with Gasteiger partial charge in [0.2, 0.25) is 0 Å². The van der Waals surface area contributed by atoms with Gasteiger partial charge in [-0.3, -0.25) is 0 Å². The molecule has 0 saturated carbocycles. The maximum Gasteiger partial charge on any atom is 0.421 e. The molecule has 0 saturated heterocycles. The van der Waals surface area contributed by atoms with Crippen LogP contribution in [0.5, 0.6) is 0 Å². The third-order valence-electron chi connectivity index (χ3n) is 0.306. The Labute approximate surface area is 45.6 Å². The molecule has 0 aromatic heterocycles. The van der Waals surface area contributed by atoms with Gasteiger partial charge in [0.1, 0.15) is 0 Å². The minimum Gasteiger partial charge on any atom is -0.473 e. The second-order valence-electron chi connectivity index (χ2n) is 0.772. The molecule has 4 nitrogen and oxygen atoms in total. The molecule has 0 bridgehead atoms. The number of carbonyl (C=O) groups is 2. The van der Waals surface area contributed by atoms with E-state index >= 15 is 0 Å². The normalized spacial score (nSPS) is 9.62. The van der Waals surface area contributed by atoms with E-state index in [1.54, 1.807) is 0 Å². The average molecular weight is 140 g/mol. The van der Waals surface area contributed by atoms with Crippen LogP contribution in [0.4, 0.5) is 4.20 Å². The maximum absolute atomic E-state index is 10.9. The third-order valence-corrected chi connectivity index (χ3v) is 0.568. The Morgan fingerprint density at radius 3 is 2.25 bits per heavy atom. The number of rotatable bonds is 1. The van der Waals surface area contributed by atoms with Crippen molar-refractivity contribution in [1.29, 1.82) is 0 Å². The molecule has 6 heteroatoms. The molecule has 0 spiro atoms. The van der Waals surface area contributed by atoms with Gasteiger partial charge in [-0.1, -0.05) is 0 Å². The summed E-state index contributed by atoms with van der Waals surface area (Å²) in [5.41, 5.74) is 0. The predicted octanol–water partition coefficient (Wildman–Crippen LogP) is 0.0922. The molecule has 0 aromatic rings. The first-order chi connectivity index (χ1) is 3.68. The highest BCUT2D eigenvalue weighted by atomic mass is 31.1. The van der Waals surface area contributed by atoms with Gasteiger partial charge in [0.15, 0.2) is 0 Å². The van der Waals surface area contributed by atoms with E-state index in [2.05, 4.69) is 4.52 Å². The Hall–Kier alpha value is -0.700. The zero-order chi connectivity index (χ0) is 6.57. The number of aliphatic carboxylic acids is 1. The average Bonchev–Trinajstić information content (AvgIpc) is 1.67. The van der Waals surface area contributed by atoms with E-state index in [1.165, 1.54) is 0 Å². The van der Waals surface area contributed by atoms with Crippen LogP contribution in [0.3, 0.4) is 0 Å². The summed E-state index contributed by atoms with van der Waals surface area (Å²) in [4.78, 5) is 19.1. The summed E-state index contributed by atoms with van der Waals surface area (Å²) in [7, 11) is -1.60. The van der Waals surface area contributed by atoms with E-state index in [0.717, 1.165) is 0 Å². The van der Waals surface area contributed by atoms with Crippen LogP contribution in [0.15, 0.2) is 0 Å². The topological polar surface area (TPSA) is 63.6 Å². The Morgan fingerprint density at radius 2 is 2.12 bits per heavy atom. The second kappa shape index (κ2) is 3.32. The van der Waals surface area contributed by atoms with Crippen LogP contribution in [0.25, 0.3) is 0 Å². The number of halogens is 1. The first-order valence-corrected chi connectivity index (χ1v) is 2.27. The van der Waals surface area contributed by atoms with Crippen molar-refractivity contribution in [3.05, 3.63) is 0 Å². The van der Waals surface area contributed by atoms with E-state index in [0.29, 0.717) is 0 Å². The highest BCUT2D eigenvalue weighted by molar-refractivity contribution is 7.26. The minimum absolute atomic E-state index is 1.56. The number of hydrogen-bond acceptors (Lipinski definition) is 3. The molecule has 1 N–H and O–H groups in total. The van der Waals surface area contributed by atoms with Crippen molar-refractivity contribution in [2.24, 2.45) is 0 Å². The molecule has 0 heterocycles. The maximum atomic E-state index is 10.9. The van der Waals surface area contributed by atoms with Crippen molar-refractivity contribution >= 4 is 21.1 Å². The second-order valence-corrected chi connectivity index (χ2v) is 1.13. The first-order valence-electron chi connectivity index (χ1n) is 1.48. The molecule has 0 aliphatic heterocycles. The van der Waals surface area contributed by atoms with Crippen molar-refractivity contribution in [3.8, 4) is 0 Å². The molecule has 1 atom stereocenters. The van der Waals surface area contributed by atoms with Crippen LogP contribution < -0.4 is 0 Å². The van der Waals surface area contributed by atoms with Gasteiger partial charge in [-0.25, -0.2) is 9.59 Å². The van der Waals surface area contributed by atoms with Gasteiger partial charge in [0.25, 0.3) is 9.12 Å². The minimum atomic E-state index is -1.78. The Balaban J connectivity index is 3.49. The smallest absolute Gasteiger partial charge is 0.421 e. The lowest BCUT2D eigenvalue weighted by Crippen LogP contribution is -2.11. The van der Waals surface area contributed by atoms with Crippen LogP contribution in [-0.2, 0) is 14.1 Å². The van der Waals surface area contributed by atoms with E-state index in [1.807, 2.05) is 0 Å². The SMILES string of the molecule is O=C(O)C(=O)OPF. The number of carboxylic acid groups (broad SMARTS) is 1. The summed E-state index contributed by atoms with van der Waals surface area (Å²) in [6.45, 7) is 0. The third kappa shape index (κ3) is 2.47. The van der Waals surface area contributed by atoms with Crippen LogP contribution in [0, 0.1) is 0 Å². The van der Waals surface area contributed by atoms with Crippen LogP contribution in [0.1, 0.15) is 0 Å². The summed E-state index contributed by atoms with van der Waals surface area (Å²) in [6.07, 6.45) is 0. The molecular formula is C2H2FO4P. The zero-order valence-electron chi connectivity index (χ0n) is 3.55. The van der Waals surface area contributed by atoms with Crippen LogP contribution >= 0.6 is 9.12 Å². The lowest BCUT2D eigenvalue weighted by atomic mass is 10.7. The Kier molecular flexibility index (Phi) is 3.03. The van der Waals surface area contributed by atoms with Crippen LogP contribution in [0.2, 0.25) is 0 Å². The molecule has 0 aliphatic carbocycles. The highest BCUT2D eigenvalue weighted by Crippen LogP contribution is 2.11. The van der Waals surface area contributed by atoms with E-state index in [-0.39, 0.29) is 0 Å². The van der Waals surface area contributed by atoms with Gasteiger partial charge in [-0.05, 0) is 0 Å². The molecule has 0 fully saturated rings. The summed E-state index contributed by atoms with van der Waals surface area (Å²) >= 11 is 0. The van der Waals surface area contributed by atoms with Crippen molar-refractivity contribution in [1.82, 2.24) is 0 Å². The molecule has 0 aliphatic rings. The molecule has 0 amide bonds. The van der Waals surface area contributed by atoms with Crippen molar-refractivity contribution in [3.63, 3.8) is 0 Å². The molecule has 0 rings (SSSR count). The standard InChI is InChI=1S/C2H2FO4P/c3-8-7-2(6)1(4)5/h8H,(H,4,5). The molecule has 0 aromatic carbocycles. The van der Waals surface area contributed by atoms with Gasteiger partial charge < -0.3 is 9.63 Å². The molecule has 0 radical (unpaired) electrons. The monoisotopic (exact) mass is 140 g/mol. The number of hydrogen-bond donors (Lipinski definition) is 1. The zero-order valence-corrected chi connectivity index (χ0v) is 4.55. The van der Waals surface area contributed by atoms with Crippen molar-refractivity contribution in [2.45, 2.75) is 0 Å². The van der Waals surface area contributed by atoms with Crippen molar-refractivity contribution in [2.75, 3.05) is 0 Å². The van der Waals surface area contributed by atoms with Gasteiger partial charge in [0.05, 0.1) is 0 Å². The van der Waals surface area contributed by atoms with Gasteiger partial charge >= 0.3 is 11.9 Å². The highest BCUT2D eigenvalue weighted by Gasteiger charge is 2.11. The molecular weight excluding hydrogens is 138 g/mol. The van der Waals surface area contributed by atoms with E-state index < -0.39 is 21.1 Å². The fourth-order valence-electron chi connectivity index (χ4n) is 0.0787. The van der Waals surface area contributed by atoms with Gasteiger partial charge in [-0.2, -0.15) is 4.20 Å². The lowest BCUT2D eigenvalue weighted by Gasteiger charge is -1.88.